The molecule has 4 aliphatic rings. The summed E-state index contributed by atoms with van der Waals surface area (Å²) in [6.45, 7) is 0.191. The van der Waals surface area contributed by atoms with E-state index < -0.39 is 238 Å². The summed E-state index contributed by atoms with van der Waals surface area (Å²) in [5.74, 6) is -0.184. The lowest BCUT2D eigenvalue weighted by atomic mass is 9.93. The Labute approximate surface area is 758 Å². The fourth-order valence-electron chi connectivity index (χ4n) is 9.90. The number of thioether (sulfide) groups is 1. The Bertz CT molecular complexity index is 5460. The number of rotatable bonds is 45. The molecule has 4 aromatic rings. The van der Waals surface area contributed by atoms with Crippen LogP contribution in [0.25, 0.3) is 0 Å². The predicted molar refractivity (Wildman–Crippen MR) is 442 cm³/mol. The topological polar surface area (TPSA) is 870 Å². The lowest BCUT2D eigenvalue weighted by Crippen LogP contribution is -2.43. The maximum absolute atomic E-state index is 12.3. The van der Waals surface area contributed by atoms with Gasteiger partial charge in [-0.1, -0.05) is 70.8 Å². The molecule has 4 saturated heterocycles. The van der Waals surface area contributed by atoms with Crippen LogP contribution in [0, 0.1) is 27.7 Å². The summed E-state index contributed by atoms with van der Waals surface area (Å²) in [6.07, 6.45) is -9.84. The van der Waals surface area contributed by atoms with Gasteiger partial charge in [-0.3, -0.25) is 13.6 Å². The zero-order chi connectivity index (χ0) is 100.0. The maximum Gasteiger partial charge on any atom is 0.490 e. The number of phosphoric ester groups is 3. The maximum atomic E-state index is 12.3. The van der Waals surface area contributed by atoms with Gasteiger partial charge in [0.1, 0.15) is 88.8 Å². The van der Waals surface area contributed by atoms with E-state index in [-0.39, 0.29) is 42.3 Å². The van der Waals surface area contributed by atoms with E-state index in [1.165, 1.54) is 55.5 Å². The van der Waals surface area contributed by atoms with Crippen LogP contribution in [-0.2, 0) is 192 Å². The fourth-order valence-corrected chi connectivity index (χ4v) is 28.1. The molecule has 16 N–H and O–H groups in total. The number of phosphoric acid groups is 11. The Morgan fingerprint density at radius 2 is 0.718 bits per heavy atom. The molecular formula is C50H76B4O59P12S6. The summed E-state index contributed by atoms with van der Waals surface area (Å²) in [4.78, 5) is 144. The highest BCUT2D eigenvalue weighted by atomic mass is 32.5. The van der Waals surface area contributed by atoms with Crippen LogP contribution >= 0.6 is 105 Å². The molecule has 8 rings (SSSR count). The second kappa shape index (κ2) is 47.9. The summed E-state index contributed by atoms with van der Waals surface area (Å²) in [5, 5.41) is -1.62. The van der Waals surface area contributed by atoms with Crippen molar-refractivity contribution in [1.29, 1.82) is 0 Å². The molecule has 0 spiro atoms. The van der Waals surface area contributed by atoms with Crippen molar-refractivity contribution in [2.75, 3.05) is 33.5 Å². The molecule has 4 heterocycles. The molecule has 4 aromatic carbocycles. The van der Waals surface area contributed by atoms with Gasteiger partial charge in [0.25, 0.3) is 0 Å². The summed E-state index contributed by atoms with van der Waals surface area (Å²) in [5.41, 5.74) is 1.58. The van der Waals surface area contributed by atoms with E-state index in [1.807, 2.05) is 0 Å². The smallest absolute Gasteiger partial charge is 0.379 e. The van der Waals surface area contributed by atoms with Crippen molar-refractivity contribution in [1.82, 2.24) is 0 Å². The number of benzene rings is 4. The van der Waals surface area contributed by atoms with Crippen LogP contribution in [-0.4, -0.2) is 254 Å². The standard InChI is InChI=1S/C13H20BO16P3S.C13H20BO15P3S.2C12H18BO14P3S2/c1-8-3-5-9(6-4-8)27-34(22,23)28-11-10(26-13(14)12(11)24-2)7-25-32(18,19)30-33(20,21)29-31(15,16)17;1-9-3-5-10(6-4-9)26-33(22,23)27-11-7-12(14)25-13(11,2)8-24-31(18,19)29-32(20,21)28-30(15,16)17;1-8-2-4-9(5-3-8)24-32(21,22)25-10-6-12(13)31-11(10)7-23-29(17,18)27-30(19,20)26-28(14,15)16;1-8-2-4-9(5-3-8)24-32(20,21)25-10-6-12(13)23-11(10)7-22-30(19,31)27-29(17,18)26-28(14,15)16/h3-6,10-13H,7H2,1-2H3,(H,18,19)(H,20,21)(H2,15,16,17);3-6,11-12H,7-8H2,1-2H3,(H,18,19)(H,20,21)(H2,15,16,17);2-5,10-12H,6-7H2,1H3,(H,17,18)(H,19,20)(H2,14,15,16);2-5,10-12H,6-7H2,1H3,(H,17,18)(H,19,31)(H2,14,15,16). The van der Waals surface area contributed by atoms with Crippen molar-refractivity contribution in [3.05, 3.63) is 119 Å². The van der Waals surface area contributed by atoms with E-state index in [0.29, 0.717) is 0 Å². The molecule has 81 heteroatoms. The number of hydrogen-bond donors (Lipinski definition) is 16. The molecule has 21 atom stereocenters. The minimum atomic E-state index is -5.76. The molecule has 21 unspecified atom stereocenters. The van der Waals surface area contributed by atoms with E-state index in [9.17, 15) is 118 Å². The molecule has 4 aliphatic heterocycles. The fraction of sp³-hybridized carbons (Fsp3) is 0.520. The van der Waals surface area contributed by atoms with Crippen molar-refractivity contribution in [2.24, 2.45) is 0 Å². The molecule has 8 radical (unpaired) electrons. The molecule has 4 fully saturated rings. The highest BCUT2D eigenvalue weighted by Gasteiger charge is 2.53. The van der Waals surface area contributed by atoms with Gasteiger partial charge in [0.2, 0.25) is 0 Å². The lowest BCUT2D eigenvalue weighted by Gasteiger charge is -2.30. The quantitative estimate of drug-likeness (QED) is 0.0223. The molecule has 0 bridgehead atoms. The Morgan fingerprint density at radius 1 is 0.389 bits per heavy atom. The second-order valence-corrected chi connectivity index (χ2v) is 51.3. The van der Waals surface area contributed by atoms with Crippen molar-refractivity contribution >= 4 is 189 Å². The van der Waals surface area contributed by atoms with E-state index >= 15 is 0 Å². The van der Waals surface area contributed by atoms with Gasteiger partial charge in [-0.25, -0.2) is 71.3 Å². The SMILES string of the molecule is [B]C1CC(OS(=O)(=O)Oc2ccc(C)cc2)C(C)(COP(=O)(O)OP(=O)(O)OP(=O)(O)O)O1.[B]C1CC(OS(=O)(=O)Oc2ccc(C)cc2)C(COP(=O)(O)OP(=O)(O)OP(=O)(O)O)S1.[B]C1CC(OS(=O)(=O)Oc2ccc(C)cc2)C(COP(O)(=S)OP(=O)(O)OP(=O)(O)O)O1.[B]C1OC(COP(=O)(O)OP(=O)(O)OP(=O)(O)O)C(OS(=O)(=O)Oc2ccc(C)cc2)C1OC. The van der Waals surface area contributed by atoms with Crippen molar-refractivity contribution in [2.45, 2.75) is 131 Å². The summed E-state index contributed by atoms with van der Waals surface area (Å²) < 4.78 is 329. The third kappa shape index (κ3) is 47.1. The Hall–Kier alpha value is -1.77. The van der Waals surface area contributed by atoms with Crippen LogP contribution in [0.2, 0.25) is 0 Å². The summed E-state index contributed by atoms with van der Waals surface area (Å²) in [7, 11) is -55.9. The predicted octanol–water partition coefficient (Wildman–Crippen LogP) is 3.37. The first-order chi connectivity index (χ1) is 59.1. The summed E-state index contributed by atoms with van der Waals surface area (Å²) >= 11 is 5.40. The molecular weight excluding hydrogens is 2150 g/mol. The van der Waals surface area contributed by atoms with Gasteiger partial charge in [0.15, 0.2) is 0 Å². The molecule has 0 saturated carbocycles. The minimum absolute atomic E-state index is 0.0182. The Morgan fingerprint density at radius 3 is 1.08 bits per heavy atom. The first-order valence-electron chi connectivity index (χ1n) is 34.2. The van der Waals surface area contributed by atoms with Crippen LogP contribution in [0.1, 0.15) is 48.4 Å². The normalized spacial score (nSPS) is 26.5. The van der Waals surface area contributed by atoms with Gasteiger partial charge in [0, 0.05) is 25.1 Å². The van der Waals surface area contributed by atoms with E-state index in [4.69, 9.17) is 132 Å². The monoisotopic (exact) mass is 2230 g/mol. The number of methoxy groups -OCH3 is 1. The lowest BCUT2D eigenvalue weighted by molar-refractivity contribution is -0.0753. The zero-order valence-electron chi connectivity index (χ0n) is 66.5. The van der Waals surface area contributed by atoms with Crippen molar-refractivity contribution in [3.8, 4) is 23.0 Å². The molecule has 0 amide bonds. The highest BCUT2D eigenvalue weighted by Crippen LogP contribution is 2.70. The van der Waals surface area contributed by atoms with Crippen LogP contribution in [0.5, 0.6) is 23.0 Å². The molecule has 0 aromatic heterocycles. The van der Waals surface area contributed by atoms with Gasteiger partial charge in [-0.2, -0.15) is 75.6 Å². The van der Waals surface area contributed by atoms with E-state index in [2.05, 4.69) is 59.9 Å². The first kappa shape index (κ1) is 120. The molecule has 131 heavy (non-hydrogen) atoms. The van der Waals surface area contributed by atoms with Gasteiger partial charge in [0.05, 0.1) is 45.6 Å². The van der Waals surface area contributed by atoms with Gasteiger partial charge in [-0.15, -0.1) is 0 Å². The number of ether oxygens (including phenoxy) is 4. The highest BCUT2D eigenvalue weighted by molar-refractivity contribution is 8.08. The van der Waals surface area contributed by atoms with Crippen LogP contribution in [0.15, 0.2) is 97.1 Å². The Kier molecular flexibility index (Phi) is 43.7. The average Bonchev–Trinajstić information content (AvgIpc) is 1.65. The van der Waals surface area contributed by atoms with E-state index in [0.717, 1.165) is 41.1 Å². The minimum Gasteiger partial charge on any atom is -0.379 e. The third-order valence-electron chi connectivity index (χ3n) is 14.8. The summed E-state index contributed by atoms with van der Waals surface area (Å²) in [6, 6.07) is 20.4. The van der Waals surface area contributed by atoms with Gasteiger partial charge in [-0.05, 0) is 119 Å². The van der Waals surface area contributed by atoms with Crippen molar-refractivity contribution in [3.63, 3.8) is 0 Å². The number of hydrogen-bond acceptors (Lipinski definition) is 45. The first-order valence-corrected chi connectivity index (χ1v) is 59.7. The molecule has 59 nitrogen and oxygen atoms in total. The Balaban J connectivity index is 0.000000309. The van der Waals surface area contributed by atoms with Gasteiger partial charge < -0.3 is 118 Å². The largest absolute Gasteiger partial charge is 0.490 e. The third-order valence-corrected chi connectivity index (χ3v) is 35.7. The average molecular weight is 2230 g/mol. The molecule has 738 valence electrons. The van der Waals surface area contributed by atoms with E-state index in [1.54, 1.807) is 76.2 Å². The van der Waals surface area contributed by atoms with Gasteiger partial charge >= 0.3 is 134 Å². The van der Waals surface area contributed by atoms with Crippen molar-refractivity contribution < 1.29 is 267 Å². The van der Waals surface area contributed by atoms with Crippen LogP contribution < -0.4 is 16.7 Å². The molecule has 0 aliphatic carbocycles. The van der Waals surface area contributed by atoms with Crippen LogP contribution in [0.4, 0.5) is 0 Å². The number of aryl methyl sites for hydroxylation is 4. The zero-order valence-corrected chi connectivity index (χ0v) is 82.1. The second-order valence-electron chi connectivity index (χ2n) is 26.1. The van der Waals surface area contributed by atoms with Crippen LogP contribution in [0.3, 0.4) is 0 Å².